The molecule has 0 saturated heterocycles. The zero-order chi connectivity index (χ0) is 15.4. The van der Waals surface area contributed by atoms with E-state index in [1.165, 1.54) is 0 Å². The maximum atomic E-state index is 12.3. The predicted molar refractivity (Wildman–Crippen MR) is 84.6 cm³/mol. The van der Waals surface area contributed by atoms with Gasteiger partial charge in [0.05, 0.1) is 18.2 Å². The smallest absolute Gasteiger partial charge is 0.161 e. The molecule has 0 radical (unpaired) electrons. The first-order valence-electron chi connectivity index (χ1n) is 6.55. The van der Waals surface area contributed by atoms with Gasteiger partial charge in [-0.05, 0) is 32.0 Å². The van der Waals surface area contributed by atoms with Gasteiger partial charge in [0.15, 0.2) is 11.5 Å². The van der Waals surface area contributed by atoms with Crippen LogP contribution in [0.1, 0.15) is 22.9 Å². The summed E-state index contributed by atoms with van der Waals surface area (Å²) in [5.74, 6) is 1.09. The molecular weight excluding hydrogens is 313 g/mol. The molecule has 0 bridgehead atoms. The van der Waals surface area contributed by atoms with Crippen LogP contribution in [0.4, 0.5) is 4.39 Å². The first-order valence-corrected chi connectivity index (χ1v) is 7.80. The summed E-state index contributed by atoms with van der Waals surface area (Å²) in [7, 11) is 1.55. The topological polar surface area (TPSA) is 31.4 Å². The van der Waals surface area contributed by atoms with Crippen molar-refractivity contribution in [2.45, 2.75) is 19.2 Å². The molecule has 0 spiro atoms. The lowest BCUT2D eigenvalue weighted by Crippen LogP contribution is -2.00. The van der Waals surface area contributed by atoms with E-state index in [9.17, 15) is 4.39 Å². The average molecular weight is 330 g/mol. The Balaban J connectivity index is 2.37. The average Bonchev–Trinajstić information content (AvgIpc) is 2.87. The van der Waals surface area contributed by atoms with Gasteiger partial charge in [-0.1, -0.05) is 0 Å². The van der Waals surface area contributed by atoms with Gasteiger partial charge in [-0.3, -0.25) is 0 Å². The standard InChI is InChI=1S/C15H17ClFNO2S/c1-9(16)14-10(2)21-15(18-14)11-4-5-12(19-3)13(8-11)20-7-6-17/h4-5,8-9H,6-7H2,1-3H3. The SMILES string of the molecule is COc1ccc(-c2nc(C(C)Cl)c(C)s2)cc1OCCF. The summed E-state index contributed by atoms with van der Waals surface area (Å²) >= 11 is 7.69. The molecule has 1 atom stereocenters. The fourth-order valence-corrected chi connectivity index (χ4v) is 3.25. The van der Waals surface area contributed by atoms with Gasteiger partial charge in [0.1, 0.15) is 18.3 Å². The van der Waals surface area contributed by atoms with Gasteiger partial charge < -0.3 is 9.47 Å². The number of alkyl halides is 2. The van der Waals surface area contributed by atoms with Gasteiger partial charge in [-0.25, -0.2) is 9.37 Å². The molecule has 1 unspecified atom stereocenters. The molecule has 3 nitrogen and oxygen atoms in total. The highest BCUT2D eigenvalue weighted by Crippen LogP contribution is 2.37. The first kappa shape index (κ1) is 16.0. The number of thiazole rings is 1. The summed E-state index contributed by atoms with van der Waals surface area (Å²) < 4.78 is 22.9. The summed E-state index contributed by atoms with van der Waals surface area (Å²) in [6.45, 7) is 3.36. The number of hydrogen-bond acceptors (Lipinski definition) is 4. The third-order valence-electron chi connectivity index (χ3n) is 2.95. The quantitative estimate of drug-likeness (QED) is 0.715. The van der Waals surface area contributed by atoms with Crippen molar-refractivity contribution in [2.75, 3.05) is 20.4 Å². The second-order valence-electron chi connectivity index (χ2n) is 4.48. The van der Waals surface area contributed by atoms with E-state index < -0.39 is 6.67 Å². The molecular formula is C15H17ClFNO2S. The number of methoxy groups -OCH3 is 1. The van der Waals surface area contributed by atoms with E-state index in [0.717, 1.165) is 21.1 Å². The highest BCUT2D eigenvalue weighted by molar-refractivity contribution is 7.15. The molecule has 2 aromatic rings. The van der Waals surface area contributed by atoms with Crippen LogP contribution in [0, 0.1) is 6.92 Å². The van der Waals surface area contributed by atoms with Gasteiger partial charge in [-0.2, -0.15) is 0 Å². The minimum absolute atomic E-state index is 0.000669. The fraction of sp³-hybridized carbons (Fsp3) is 0.400. The van der Waals surface area contributed by atoms with E-state index >= 15 is 0 Å². The van der Waals surface area contributed by atoms with E-state index in [4.69, 9.17) is 21.1 Å². The Bertz CT molecular complexity index is 616. The normalized spacial score (nSPS) is 12.2. The molecule has 1 heterocycles. The molecule has 6 heteroatoms. The Kier molecular flexibility index (Phi) is 5.42. The predicted octanol–water partition coefficient (Wildman–Crippen LogP) is 4.78. The van der Waals surface area contributed by atoms with Gasteiger partial charge in [0.25, 0.3) is 0 Å². The fourth-order valence-electron chi connectivity index (χ4n) is 1.97. The van der Waals surface area contributed by atoms with E-state index in [0.29, 0.717) is 11.5 Å². The van der Waals surface area contributed by atoms with Crippen LogP contribution in [0.15, 0.2) is 18.2 Å². The number of rotatable bonds is 6. The van der Waals surface area contributed by atoms with Gasteiger partial charge in [-0.15, -0.1) is 22.9 Å². The summed E-state index contributed by atoms with van der Waals surface area (Å²) in [4.78, 5) is 5.66. The van der Waals surface area contributed by atoms with Crippen LogP contribution in [-0.2, 0) is 0 Å². The zero-order valence-corrected chi connectivity index (χ0v) is 13.7. The molecule has 0 aliphatic carbocycles. The van der Waals surface area contributed by atoms with E-state index in [-0.39, 0.29) is 12.0 Å². The number of hydrogen-bond donors (Lipinski definition) is 0. The number of aromatic nitrogens is 1. The second-order valence-corrected chi connectivity index (χ2v) is 6.34. The van der Waals surface area contributed by atoms with Crippen molar-refractivity contribution in [2.24, 2.45) is 0 Å². The van der Waals surface area contributed by atoms with Crippen molar-refractivity contribution < 1.29 is 13.9 Å². The minimum Gasteiger partial charge on any atom is -0.493 e. The minimum atomic E-state index is -0.544. The number of ether oxygens (including phenoxy) is 2. The molecule has 0 fully saturated rings. The highest BCUT2D eigenvalue weighted by atomic mass is 35.5. The maximum absolute atomic E-state index is 12.3. The number of aryl methyl sites for hydroxylation is 1. The lowest BCUT2D eigenvalue weighted by Gasteiger charge is -2.10. The monoisotopic (exact) mass is 329 g/mol. The van der Waals surface area contributed by atoms with Crippen LogP contribution in [-0.4, -0.2) is 25.4 Å². The van der Waals surface area contributed by atoms with E-state index in [1.807, 2.05) is 26.0 Å². The molecule has 0 N–H and O–H groups in total. The van der Waals surface area contributed by atoms with Crippen LogP contribution >= 0.6 is 22.9 Å². The molecule has 2 rings (SSSR count). The lowest BCUT2D eigenvalue weighted by molar-refractivity contribution is 0.260. The summed E-state index contributed by atoms with van der Waals surface area (Å²) in [5, 5.41) is 0.734. The number of halogens is 2. The van der Waals surface area contributed by atoms with Crippen LogP contribution in [0.3, 0.4) is 0 Å². The Hall–Kier alpha value is -1.33. The third kappa shape index (κ3) is 3.66. The van der Waals surface area contributed by atoms with Gasteiger partial charge >= 0.3 is 0 Å². The Morgan fingerprint density at radius 3 is 2.71 bits per heavy atom. The lowest BCUT2D eigenvalue weighted by atomic mass is 10.2. The Morgan fingerprint density at radius 2 is 2.14 bits per heavy atom. The zero-order valence-electron chi connectivity index (χ0n) is 12.2. The van der Waals surface area contributed by atoms with Crippen molar-refractivity contribution >= 4 is 22.9 Å². The van der Waals surface area contributed by atoms with Crippen molar-refractivity contribution in [1.29, 1.82) is 0 Å². The van der Waals surface area contributed by atoms with Gasteiger partial charge in [0.2, 0.25) is 0 Å². The molecule has 1 aromatic carbocycles. The Labute approximate surface area is 132 Å². The number of benzene rings is 1. The van der Waals surface area contributed by atoms with Crippen LogP contribution in [0.5, 0.6) is 11.5 Å². The molecule has 21 heavy (non-hydrogen) atoms. The first-order chi connectivity index (χ1) is 10.1. The second kappa shape index (κ2) is 7.09. The van der Waals surface area contributed by atoms with E-state index in [2.05, 4.69) is 4.98 Å². The van der Waals surface area contributed by atoms with E-state index in [1.54, 1.807) is 24.5 Å². The molecule has 0 saturated carbocycles. The van der Waals surface area contributed by atoms with Crippen LogP contribution < -0.4 is 9.47 Å². The third-order valence-corrected chi connectivity index (χ3v) is 4.20. The maximum Gasteiger partial charge on any atom is 0.161 e. The Morgan fingerprint density at radius 1 is 1.38 bits per heavy atom. The summed E-state index contributed by atoms with van der Waals surface area (Å²) in [6.07, 6.45) is 0. The molecule has 0 aliphatic heterocycles. The highest BCUT2D eigenvalue weighted by Gasteiger charge is 2.15. The summed E-state index contributed by atoms with van der Waals surface area (Å²) in [6, 6.07) is 5.51. The number of nitrogens with zero attached hydrogens (tertiary/aromatic N) is 1. The molecule has 114 valence electrons. The van der Waals surface area contributed by atoms with Crippen molar-refractivity contribution in [3.05, 3.63) is 28.8 Å². The van der Waals surface area contributed by atoms with Crippen molar-refractivity contribution in [3.8, 4) is 22.1 Å². The van der Waals surface area contributed by atoms with Crippen LogP contribution in [0.2, 0.25) is 0 Å². The molecule has 0 amide bonds. The largest absolute Gasteiger partial charge is 0.493 e. The molecule has 0 aliphatic rings. The summed E-state index contributed by atoms with van der Waals surface area (Å²) in [5.41, 5.74) is 1.79. The van der Waals surface area contributed by atoms with Crippen molar-refractivity contribution in [3.63, 3.8) is 0 Å². The molecule has 1 aromatic heterocycles. The van der Waals surface area contributed by atoms with Crippen molar-refractivity contribution in [1.82, 2.24) is 4.98 Å². The van der Waals surface area contributed by atoms with Crippen LogP contribution in [0.25, 0.3) is 10.6 Å². The van der Waals surface area contributed by atoms with Gasteiger partial charge in [0, 0.05) is 10.4 Å².